The van der Waals surface area contributed by atoms with Gasteiger partial charge in [0, 0.05) is 0 Å². The van der Waals surface area contributed by atoms with Crippen molar-refractivity contribution in [3.05, 3.63) is 35.1 Å². The van der Waals surface area contributed by atoms with Gasteiger partial charge in [-0.2, -0.15) is 0 Å². The fourth-order valence-corrected chi connectivity index (χ4v) is 1.40. The Morgan fingerprint density at radius 3 is 2.80 bits per heavy atom. The quantitative estimate of drug-likeness (QED) is 0.829. The molecule has 0 aliphatic carbocycles. The van der Waals surface area contributed by atoms with E-state index in [1.807, 2.05) is 6.92 Å². The molecule has 0 saturated carbocycles. The van der Waals surface area contributed by atoms with Crippen LogP contribution in [0.5, 0.6) is 0 Å². The molecule has 2 nitrogen and oxygen atoms in total. The minimum Gasteiger partial charge on any atom is -0.481 e. The first-order valence-electron chi connectivity index (χ1n) is 4.98. The molecule has 1 N–H and O–H groups in total. The molecule has 1 aromatic rings. The molecule has 0 amide bonds. The first kappa shape index (κ1) is 11.7. The van der Waals surface area contributed by atoms with Crippen molar-refractivity contribution < 1.29 is 14.3 Å². The molecule has 0 bridgehead atoms. The van der Waals surface area contributed by atoms with Gasteiger partial charge in [0.25, 0.3) is 0 Å². The van der Waals surface area contributed by atoms with Crippen molar-refractivity contribution in [2.45, 2.75) is 26.7 Å². The molecule has 15 heavy (non-hydrogen) atoms. The molecule has 3 heteroatoms. The number of rotatable bonds is 4. The molecule has 0 aliphatic heterocycles. The van der Waals surface area contributed by atoms with Crippen LogP contribution in [0.1, 0.15) is 24.5 Å². The van der Waals surface area contributed by atoms with Gasteiger partial charge in [-0.25, -0.2) is 4.39 Å². The van der Waals surface area contributed by atoms with Crippen molar-refractivity contribution in [3.8, 4) is 0 Å². The second-order valence-electron chi connectivity index (χ2n) is 3.85. The Bertz CT molecular complexity index is 361. The first-order valence-corrected chi connectivity index (χ1v) is 4.98. The van der Waals surface area contributed by atoms with Crippen molar-refractivity contribution in [2.24, 2.45) is 5.92 Å². The third-order valence-electron chi connectivity index (χ3n) is 2.58. The molecule has 82 valence electrons. The molecular formula is C12H15FO2. The molecule has 1 atom stereocenters. The molecular weight excluding hydrogens is 195 g/mol. The number of carboxylic acid groups (broad SMARTS) is 1. The van der Waals surface area contributed by atoms with Crippen molar-refractivity contribution in [3.63, 3.8) is 0 Å². The largest absolute Gasteiger partial charge is 0.481 e. The van der Waals surface area contributed by atoms with Crippen LogP contribution in [-0.2, 0) is 11.2 Å². The van der Waals surface area contributed by atoms with E-state index in [2.05, 4.69) is 0 Å². The van der Waals surface area contributed by atoms with Crippen LogP contribution in [0.15, 0.2) is 18.2 Å². The van der Waals surface area contributed by atoms with Gasteiger partial charge in [-0.3, -0.25) is 4.79 Å². The van der Waals surface area contributed by atoms with E-state index in [1.54, 1.807) is 13.0 Å². The smallest absolute Gasteiger partial charge is 0.306 e. The Balaban J connectivity index is 2.65. The van der Waals surface area contributed by atoms with Gasteiger partial charge in [-0.1, -0.05) is 13.0 Å². The van der Waals surface area contributed by atoms with E-state index in [-0.39, 0.29) is 11.7 Å². The third-order valence-corrected chi connectivity index (χ3v) is 2.58. The SMILES string of the molecule is Cc1ccc(F)cc1CCC(C)C(=O)O. The number of benzene rings is 1. The third kappa shape index (κ3) is 3.35. The maximum absolute atomic E-state index is 12.9. The number of hydrogen-bond donors (Lipinski definition) is 1. The highest BCUT2D eigenvalue weighted by Crippen LogP contribution is 2.15. The van der Waals surface area contributed by atoms with Gasteiger partial charge in [-0.05, 0) is 43.0 Å². The standard InChI is InChI=1S/C12H15FO2/c1-8-4-6-11(13)7-10(8)5-3-9(2)12(14)15/h4,6-7,9H,3,5H2,1-2H3,(H,14,15). The van der Waals surface area contributed by atoms with E-state index >= 15 is 0 Å². The summed E-state index contributed by atoms with van der Waals surface area (Å²) in [5.74, 6) is -1.45. The Kier molecular flexibility index (Phi) is 3.83. The zero-order valence-electron chi connectivity index (χ0n) is 8.96. The highest BCUT2D eigenvalue weighted by molar-refractivity contribution is 5.69. The summed E-state index contributed by atoms with van der Waals surface area (Å²) in [5, 5.41) is 8.71. The van der Waals surface area contributed by atoms with Gasteiger partial charge >= 0.3 is 5.97 Å². The van der Waals surface area contributed by atoms with E-state index < -0.39 is 5.97 Å². The summed E-state index contributed by atoms with van der Waals surface area (Å²) in [4.78, 5) is 10.6. The van der Waals surface area contributed by atoms with Gasteiger partial charge in [0.1, 0.15) is 5.82 Å². The maximum Gasteiger partial charge on any atom is 0.306 e. The van der Waals surface area contributed by atoms with Crippen LogP contribution in [-0.4, -0.2) is 11.1 Å². The summed E-state index contributed by atoms with van der Waals surface area (Å²) in [6.45, 7) is 3.57. The zero-order valence-corrected chi connectivity index (χ0v) is 8.96. The number of halogens is 1. The minimum atomic E-state index is -0.802. The van der Waals surface area contributed by atoms with Crippen molar-refractivity contribution in [1.29, 1.82) is 0 Å². The summed E-state index contributed by atoms with van der Waals surface area (Å²) in [5.41, 5.74) is 1.90. The highest BCUT2D eigenvalue weighted by atomic mass is 19.1. The second-order valence-corrected chi connectivity index (χ2v) is 3.85. The maximum atomic E-state index is 12.9. The summed E-state index contributed by atoms with van der Waals surface area (Å²) < 4.78 is 12.9. The van der Waals surface area contributed by atoms with Crippen LogP contribution in [0.25, 0.3) is 0 Å². The molecule has 0 fully saturated rings. The first-order chi connectivity index (χ1) is 7.00. The summed E-state index contributed by atoms with van der Waals surface area (Å²) in [6, 6.07) is 4.61. The van der Waals surface area contributed by atoms with Crippen molar-refractivity contribution >= 4 is 5.97 Å². The molecule has 1 rings (SSSR count). The van der Waals surface area contributed by atoms with E-state index in [0.717, 1.165) is 11.1 Å². The van der Waals surface area contributed by atoms with Crippen LogP contribution >= 0.6 is 0 Å². The fourth-order valence-electron chi connectivity index (χ4n) is 1.40. The van der Waals surface area contributed by atoms with E-state index in [0.29, 0.717) is 12.8 Å². The average Bonchev–Trinajstić information content (AvgIpc) is 2.18. The average molecular weight is 210 g/mol. The van der Waals surface area contributed by atoms with Crippen LogP contribution in [0, 0.1) is 18.7 Å². The second kappa shape index (κ2) is 4.91. The van der Waals surface area contributed by atoms with Crippen LogP contribution in [0.3, 0.4) is 0 Å². The van der Waals surface area contributed by atoms with Gasteiger partial charge < -0.3 is 5.11 Å². The molecule has 1 aromatic carbocycles. The van der Waals surface area contributed by atoms with Gasteiger partial charge in [0.05, 0.1) is 5.92 Å². The molecule has 0 spiro atoms. The number of carboxylic acids is 1. The molecule has 0 aliphatic rings. The topological polar surface area (TPSA) is 37.3 Å². The Labute approximate surface area is 88.7 Å². The fraction of sp³-hybridized carbons (Fsp3) is 0.417. The van der Waals surface area contributed by atoms with Gasteiger partial charge in [0.15, 0.2) is 0 Å². The van der Waals surface area contributed by atoms with E-state index in [4.69, 9.17) is 5.11 Å². The predicted octanol–water partition coefficient (Wildman–Crippen LogP) is 2.79. The number of aliphatic carboxylic acids is 1. The lowest BCUT2D eigenvalue weighted by atomic mass is 9.98. The molecule has 0 radical (unpaired) electrons. The molecule has 1 unspecified atom stereocenters. The van der Waals surface area contributed by atoms with E-state index in [1.165, 1.54) is 12.1 Å². The monoisotopic (exact) mass is 210 g/mol. The number of hydrogen-bond acceptors (Lipinski definition) is 1. The zero-order chi connectivity index (χ0) is 11.4. The minimum absolute atomic E-state index is 0.265. The lowest BCUT2D eigenvalue weighted by Gasteiger charge is -2.08. The normalized spacial score (nSPS) is 12.5. The number of aryl methyl sites for hydroxylation is 2. The summed E-state index contributed by atoms with van der Waals surface area (Å²) in [6.07, 6.45) is 1.15. The number of carbonyl (C=O) groups is 1. The van der Waals surface area contributed by atoms with Crippen LogP contribution in [0.2, 0.25) is 0 Å². The van der Waals surface area contributed by atoms with Crippen molar-refractivity contribution in [2.75, 3.05) is 0 Å². The Hall–Kier alpha value is -1.38. The Morgan fingerprint density at radius 2 is 2.20 bits per heavy atom. The highest BCUT2D eigenvalue weighted by Gasteiger charge is 2.11. The summed E-state index contributed by atoms with van der Waals surface area (Å²) in [7, 11) is 0. The van der Waals surface area contributed by atoms with Crippen molar-refractivity contribution in [1.82, 2.24) is 0 Å². The van der Waals surface area contributed by atoms with Crippen LogP contribution in [0.4, 0.5) is 4.39 Å². The van der Waals surface area contributed by atoms with Gasteiger partial charge in [0.2, 0.25) is 0 Å². The van der Waals surface area contributed by atoms with E-state index in [9.17, 15) is 9.18 Å². The molecule has 0 saturated heterocycles. The lowest BCUT2D eigenvalue weighted by molar-refractivity contribution is -0.141. The van der Waals surface area contributed by atoms with Gasteiger partial charge in [-0.15, -0.1) is 0 Å². The predicted molar refractivity (Wildman–Crippen MR) is 56.3 cm³/mol. The Morgan fingerprint density at radius 1 is 1.53 bits per heavy atom. The molecule has 0 heterocycles. The van der Waals surface area contributed by atoms with Crippen LogP contribution < -0.4 is 0 Å². The summed E-state index contributed by atoms with van der Waals surface area (Å²) >= 11 is 0. The molecule has 0 aromatic heterocycles. The lowest BCUT2D eigenvalue weighted by Crippen LogP contribution is -2.10.